The molecule has 1 aliphatic carbocycles. The lowest BCUT2D eigenvalue weighted by Crippen LogP contribution is -2.37. The van der Waals surface area contributed by atoms with Crippen LogP contribution in [-0.2, 0) is 4.79 Å². The van der Waals surface area contributed by atoms with Crippen molar-refractivity contribution in [3.8, 4) is 0 Å². The fourth-order valence-corrected chi connectivity index (χ4v) is 3.76. The number of imidazole rings is 1. The van der Waals surface area contributed by atoms with E-state index in [9.17, 15) is 9.90 Å². The number of aromatic nitrogens is 2. The molecule has 2 N–H and O–H groups in total. The average Bonchev–Trinajstić information content (AvgIpc) is 3.13. The van der Waals surface area contributed by atoms with Crippen LogP contribution in [0.2, 0.25) is 5.15 Å². The predicted molar refractivity (Wildman–Crippen MR) is 83.5 cm³/mol. The zero-order valence-corrected chi connectivity index (χ0v) is 12.9. The Hall–Kier alpha value is -1.37. The van der Waals surface area contributed by atoms with Gasteiger partial charge in [-0.2, -0.15) is 0 Å². The lowest BCUT2D eigenvalue weighted by atomic mass is 10.1. The second kappa shape index (κ2) is 6.17. The molecule has 21 heavy (non-hydrogen) atoms. The monoisotopic (exact) mass is 325 g/mol. The summed E-state index contributed by atoms with van der Waals surface area (Å²) in [5, 5.41) is 14.5. The van der Waals surface area contributed by atoms with E-state index in [-0.39, 0.29) is 24.5 Å². The molecule has 3 rings (SSSR count). The van der Waals surface area contributed by atoms with Gasteiger partial charge in [0.2, 0.25) is 5.91 Å². The summed E-state index contributed by atoms with van der Waals surface area (Å²) in [7, 11) is 0. The molecule has 0 spiro atoms. The van der Waals surface area contributed by atoms with Gasteiger partial charge < -0.3 is 10.4 Å². The van der Waals surface area contributed by atoms with E-state index in [2.05, 4.69) is 10.3 Å². The van der Waals surface area contributed by atoms with Crippen LogP contribution in [0.5, 0.6) is 0 Å². The lowest BCUT2D eigenvalue weighted by molar-refractivity contribution is -0.117. The third-order valence-electron chi connectivity index (χ3n) is 3.87. The summed E-state index contributed by atoms with van der Waals surface area (Å²) >= 11 is 7.56. The van der Waals surface area contributed by atoms with Crippen LogP contribution in [0.3, 0.4) is 0 Å². The first kappa shape index (κ1) is 14.6. The van der Waals surface area contributed by atoms with Crippen LogP contribution in [0.4, 0.5) is 0 Å². The number of rotatable bonds is 4. The minimum absolute atomic E-state index is 0.0641. The minimum atomic E-state index is -0.165. The smallest absolute Gasteiger partial charge is 0.244 e. The van der Waals surface area contributed by atoms with Gasteiger partial charge in [-0.25, -0.2) is 4.98 Å². The number of hydrogen-bond donors (Lipinski definition) is 2. The van der Waals surface area contributed by atoms with Gasteiger partial charge in [-0.1, -0.05) is 18.0 Å². The van der Waals surface area contributed by atoms with E-state index < -0.39 is 0 Å². The summed E-state index contributed by atoms with van der Waals surface area (Å²) < 4.78 is 1.85. The number of aliphatic hydroxyl groups is 1. The topological polar surface area (TPSA) is 66.6 Å². The molecule has 0 radical (unpaired) electrons. The van der Waals surface area contributed by atoms with Crippen LogP contribution in [0.15, 0.2) is 17.7 Å². The molecule has 1 amide bonds. The molecule has 2 aromatic heterocycles. The molecule has 1 aliphatic rings. The Balaban J connectivity index is 1.69. The zero-order chi connectivity index (χ0) is 14.8. The molecule has 0 saturated heterocycles. The van der Waals surface area contributed by atoms with Gasteiger partial charge in [0.1, 0.15) is 0 Å². The number of fused-ring (bicyclic) bond motifs is 1. The summed E-state index contributed by atoms with van der Waals surface area (Å²) in [4.78, 5) is 17.0. The van der Waals surface area contributed by atoms with Crippen LogP contribution in [0.1, 0.15) is 25.0 Å². The largest absolute Gasteiger partial charge is 0.396 e. The van der Waals surface area contributed by atoms with Gasteiger partial charge in [-0.15, -0.1) is 11.3 Å². The van der Waals surface area contributed by atoms with E-state index >= 15 is 0 Å². The van der Waals surface area contributed by atoms with Crippen molar-refractivity contribution in [2.24, 2.45) is 5.92 Å². The molecule has 2 unspecified atom stereocenters. The second-order valence-electron chi connectivity index (χ2n) is 5.17. The normalized spacial score (nSPS) is 22.4. The van der Waals surface area contributed by atoms with Crippen LogP contribution in [-0.4, -0.2) is 33.0 Å². The van der Waals surface area contributed by atoms with E-state index in [4.69, 9.17) is 11.6 Å². The summed E-state index contributed by atoms with van der Waals surface area (Å²) in [5.74, 6) is 0.00563. The van der Waals surface area contributed by atoms with E-state index in [1.807, 2.05) is 16.0 Å². The highest BCUT2D eigenvalue weighted by atomic mass is 35.5. The third kappa shape index (κ3) is 2.97. The van der Waals surface area contributed by atoms with Crippen molar-refractivity contribution >= 4 is 39.9 Å². The van der Waals surface area contributed by atoms with E-state index in [0.29, 0.717) is 10.8 Å². The highest BCUT2D eigenvalue weighted by molar-refractivity contribution is 7.15. The number of amides is 1. The number of carbonyl (C=O) groups is 1. The standard InChI is InChI=1S/C14H16ClN3O2S/c15-13-11(18-6-7-21-14(18)17-13)4-5-12(20)16-10-3-1-2-9(10)8-19/h4-7,9-10,19H,1-3,8H2,(H,16,20)/b5-4+. The van der Waals surface area contributed by atoms with Crippen LogP contribution < -0.4 is 5.32 Å². The Morgan fingerprint density at radius 1 is 1.62 bits per heavy atom. The van der Waals surface area contributed by atoms with Crippen molar-refractivity contribution in [2.75, 3.05) is 6.61 Å². The van der Waals surface area contributed by atoms with Gasteiger partial charge in [0.25, 0.3) is 0 Å². The van der Waals surface area contributed by atoms with Crippen LogP contribution in [0.25, 0.3) is 11.0 Å². The number of aliphatic hydroxyl groups excluding tert-OH is 1. The van der Waals surface area contributed by atoms with Gasteiger partial charge >= 0.3 is 0 Å². The minimum Gasteiger partial charge on any atom is -0.396 e. The molecule has 5 nitrogen and oxygen atoms in total. The van der Waals surface area contributed by atoms with Gasteiger partial charge in [0, 0.05) is 36.2 Å². The Kier molecular flexibility index (Phi) is 4.28. The maximum Gasteiger partial charge on any atom is 0.244 e. The lowest BCUT2D eigenvalue weighted by Gasteiger charge is -2.17. The van der Waals surface area contributed by atoms with E-state index in [0.717, 1.165) is 24.2 Å². The van der Waals surface area contributed by atoms with Crippen molar-refractivity contribution in [1.82, 2.24) is 14.7 Å². The number of thiazole rings is 1. The van der Waals surface area contributed by atoms with Gasteiger partial charge in [-0.3, -0.25) is 9.20 Å². The quantitative estimate of drug-likeness (QED) is 0.848. The molecule has 2 aromatic rings. The number of nitrogens with zero attached hydrogens (tertiary/aromatic N) is 2. The predicted octanol–water partition coefficient (Wildman–Crippen LogP) is 2.34. The molecular formula is C14H16ClN3O2S. The van der Waals surface area contributed by atoms with Crippen molar-refractivity contribution in [1.29, 1.82) is 0 Å². The van der Waals surface area contributed by atoms with Crippen molar-refractivity contribution in [3.05, 3.63) is 28.5 Å². The molecule has 0 aliphatic heterocycles. The summed E-state index contributed by atoms with van der Waals surface area (Å²) in [6.07, 6.45) is 7.95. The van der Waals surface area contributed by atoms with Crippen molar-refractivity contribution < 1.29 is 9.90 Å². The second-order valence-corrected chi connectivity index (χ2v) is 6.40. The maximum absolute atomic E-state index is 12.0. The summed E-state index contributed by atoms with van der Waals surface area (Å²) in [6, 6.07) is 0.0641. The maximum atomic E-state index is 12.0. The first-order valence-electron chi connectivity index (χ1n) is 6.89. The Labute approximate surface area is 131 Å². The highest BCUT2D eigenvalue weighted by Gasteiger charge is 2.27. The third-order valence-corrected chi connectivity index (χ3v) is 4.90. The number of carbonyl (C=O) groups excluding carboxylic acids is 1. The Morgan fingerprint density at radius 2 is 2.48 bits per heavy atom. The fourth-order valence-electron chi connectivity index (χ4n) is 2.76. The van der Waals surface area contributed by atoms with Crippen molar-refractivity contribution in [2.45, 2.75) is 25.3 Å². The Morgan fingerprint density at radius 3 is 3.29 bits per heavy atom. The van der Waals surface area contributed by atoms with Crippen LogP contribution in [0, 0.1) is 5.92 Å². The van der Waals surface area contributed by atoms with Crippen LogP contribution >= 0.6 is 22.9 Å². The first-order chi connectivity index (χ1) is 10.2. The highest BCUT2D eigenvalue weighted by Crippen LogP contribution is 2.25. The molecular weight excluding hydrogens is 310 g/mol. The molecule has 112 valence electrons. The van der Waals surface area contributed by atoms with E-state index in [1.54, 1.807) is 6.08 Å². The van der Waals surface area contributed by atoms with Gasteiger partial charge in [0.05, 0.1) is 5.69 Å². The van der Waals surface area contributed by atoms with Gasteiger partial charge in [0.15, 0.2) is 10.1 Å². The molecule has 2 heterocycles. The van der Waals surface area contributed by atoms with E-state index in [1.165, 1.54) is 17.4 Å². The number of nitrogens with one attached hydrogen (secondary N) is 1. The molecule has 0 aromatic carbocycles. The Bertz CT molecular complexity index is 679. The molecule has 7 heteroatoms. The molecule has 0 bridgehead atoms. The average molecular weight is 326 g/mol. The van der Waals surface area contributed by atoms with Gasteiger partial charge in [-0.05, 0) is 18.9 Å². The van der Waals surface area contributed by atoms with Crippen molar-refractivity contribution in [3.63, 3.8) is 0 Å². The fraction of sp³-hybridized carbons (Fsp3) is 0.429. The molecule has 2 atom stereocenters. The SMILES string of the molecule is O=C(/C=C/c1c(Cl)nc2sccn12)NC1CCCC1CO. The molecule has 1 fully saturated rings. The zero-order valence-electron chi connectivity index (χ0n) is 11.3. The summed E-state index contributed by atoms with van der Waals surface area (Å²) in [6.45, 7) is 0.124. The summed E-state index contributed by atoms with van der Waals surface area (Å²) in [5.41, 5.74) is 0.702. The number of halogens is 1. The molecule has 1 saturated carbocycles. The number of hydrogen-bond acceptors (Lipinski definition) is 4. The first-order valence-corrected chi connectivity index (χ1v) is 8.15.